The summed E-state index contributed by atoms with van der Waals surface area (Å²) >= 11 is 5.49. The summed E-state index contributed by atoms with van der Waals surface area (Å²) in [5, 5.41) is 0.349. The van der Waals surface area contributed by atoms with E-state index in [1.54, 1.807) is 0 Å². The Bertz CT molecular complexity index is 269. The molecule has 0 aromatic carbocycles. The second-order valence-electron chi connectivity index (χ2n) is 2.65. The van der Waals surface area contributed by atoms with Crippen LogP contribution in [0.1, 0.15) is 18.7 Å². The van der Waals surface area contributed by atoms with E-state index in [0.29, 0.717) is 11.0 Å². The molecule has 0 fully saturated rings. The largest absolute Gasteiger partial charge is 0.389 e. The maximum atomic E-state index is 11.7. The Labute approximate surface area is 78.1 Å². The van der Waals surface area contributed by atoms with Crippen molar-refractivity contribution in [2.75, 3.05) is 0 Å². The lowest BCUT2D eigenvalue weighted by atomic mass is 10.2. The molecule has 0 aliphatic carbocycles. The number of rotatable bonds is 3. The zero-order chi connectivity index (χ0) is 9.90. The summed E-state index contributed by atoms with van der Waals surface area (Å²) in [4.78, 5) is 6.43. The minimum absolute atomic E-state index is 0.0351. The molecule has 1 aromatic rings. The van der Waals surface area contributed by atoms with Gasteiger partial charge in [-0.3, -0.25) is 0 Å². The number of nitrogens with zero attached hydrogens (tertiary/aromatic N) is 1. The summed E-state index contributed by atoms with van der Waals surface area (Å²) < 4.78 is 35.1. The molecule has 0 atom stereocenters. The molecule has 1 aromatic heterocycles. The fraction of sp³-hybridized carbons (Fsp3) is 0.571. The summed E-state index contributed by atoms with van der Waals surface area (Å²) in [7, 11) is 0. The Kier molecular flexibility index (Phi) is 3.19. The third-order valence-corrected chi connectivity index (χ3v) is 1.66. The number of H-pyrrole nitrogens is 1. The second-order valence-corrected chi connectivity index (χ2v) is 3.05. The van der Waals surface area contributed by atoms with Gasteiger partial charge in [0.2, 0.25) is 0 Å². The van der Waals surface area contributed by atoms with Crippen LogP contribution >= 0.6 is 11.6 Å². The lowest BCUT2D eigenvalue weighted by Gasteiger charge is -2.03. The minimum atomic E-state index is -4.09. The maximum Gasteiger partial charge on any atom is 0.389 e. The van der Waals surface area contributed by atoms with E-state index in [4.69, 9.17) is 11.6 Å². The summed E-state index contributed by atoms with van der Waals surface area (Å²) in [6.07, 6.45) is -3.19. The lowest BCUT2D eigenvalue weighted by Crippen LogP contribution is -2.07. The molecular weight excluding hydrogens is 205 g/mol. The van der Waals surface area contributed by atoms with Crippen LogP contribution in [0.4, 0.5) is 13.2 Å². The van der Waals surface area contributed by atoms with Crippen molar-refractivity contribution in [3.05, 3.63) is 17.2 Å². The van der Waals surface area contributed by atoms with E-state index in [9.17, 15) is 13.2 Å². The first-order chi connectivity index (χ1) is 5.97. The predicted octanol–water partition coefficient (Wildman–Crippen LogP) is 2.95. The van der Waals surface area contributed by atoms with Crippen molar-refractivity contribution in [3.8, 4) is 0 Å². The van der Waals surface area contributed by atoms with Gasteiger partial charge in [-0.05, 0) is 6.42 Å². The van der Waals surface area contributed by atoms with Gasteiger partial charge in [0.1, 0.15) is 11.0 Å². The quantitative estimate of drug-likeness (QED) is 0.820. The van der Waals surface area contributed by atoms with Gasteiger partial charge in [-0.2, -0.15) is 13.2 Å². The Morgan fingerprint density at radius 2 is 2.15 bits per heavy atom. The van der Waals surface area contributed by atoms with Gasteiger partial charge >= 0.3 is 6.18 Å². The molecule has 0 unspecified atom stereocenters. The molecule has 1 N–H and O–H groups in total. The standard InChI is InChI=1S/C7H8ClF3N2/c8-5-4-12-6(13-5)2-1-3-7(9,10)11/h4H,1-3H2,(H,12,13). The highest BCUT2D eigenvalue weighted by molar-refractivity contribution is 6.29. The van der Waals surface area contributed by atoms with Crippen LogP contribution in [0.15, 0.2) is 6.20 Å². The van der Waals surface area contributed by atoms with Crippen molar-refractivity contribution in [3.63, 3.8) is 0 Å². The molecule has 74 valence electrons. The normalized spacial score (nSPS) is 12.0. The fourth-order valence-electron chi connectivity index (χ4n) is 0.920. The fourth-order valence-corrected chi connectivity index (χ4v) is 1.08. The van der Waals surface area contributed by atoms with Gasteiger partial charge in [-0.15, -0.1) is 0 Å². The highest BCUT2D eigenvalue weighted by Crippen LogP contribution is 2.22. The van der Waals surface area contributed by atoms with E-state index >= 15 is 0 Å². The lowest BCUT2D eigenvalue weighted by molar-refractivity contribution is -0.135. The van der Waals surface area contributed by atoms with Gasteiger partial charge in [0.05, 0.1) is 6.20 Å². The summed E-state index contributed by atoms with van der Waals surface area (Å²) in [6.45, 7) is 0. The van der Waals surface area contributed by atoms with Gasteiger partial charge < -0.3 is 4.98 Å². The molecule has 0 spiro atoms. The van der Waals surface area contributed by atoms with Crippen molar-refractivity contribution in [2.24, 2.45) is 0 Å². The van der Waals surface area contributed by atoms with E-state index in [1.165, 1.54) is 6.20 Å². The number of halogens is 4. The van der Waals surface area contributed by atoms with Crippen molar-refractivity contribution in [2.45, 2.75) is 25.4 Å². The average molecular weight is 213 g/mol. The Morgan fingerprint density at radius 3 is 2.62 bits per heavy atom. The van der Waals surface area contributed by atoms with E-state index in [2.05, 4.69) is 9.97 Å². The van der Waals surface area contributed by atoms with Crippen LogP contribution in [0.5, 0.6) is 0 Å². The molecule has 1 rings (SSSR count). The molecule has 0 saturated heterocycles. The van der Waals surface area contributed by atoms with Crippen molar-refractivity contribution < 1.29 is 13.2 Å². The number of nitrogens with one attached hydrogen (secondary N) is 1. The molecule has 6 heteroatoms. The molecule has 1 heterocycles. The Balaban J connectivity index is 2.28. The summed E-state index contributed by atoms with van der Waals surface area (Å²) in [5.41, 5.74) is 0. The molecule has 0 amide bonds. The summed E-state index contributed by atoms with van der Waals surface area (Å²) in [6, 6.07) is 0. The van der Waals surface area contributed by atoms with E-state index in [0.717, 1.165) is 0 Å². The zero-order valence-electron chi connectivity index (χ0n) is 6.66. The topological polar surface area (TPSA) is 28.7 Å². The van der Waals surface area contributed by atoms with Crippen molar-refractivity contribution in [1.82, 2.24) is 9.97 Å². The number of hydrogen-bond donors (Lipinski definition) is 1. The molecule has 0 radical (unpaired) electrons. The molecule has 0 saturated carbocycles. The van der Waals surface area contributed by atoms with Gasteiger partial charge in [0.15, 0.2) is 0 Å². The van der Waals surface area contributed by atoms with Gasteiger partial charge in [-0.25, -0.2) is 4.98 Å². The monoisotopic (exact) mass is 212 g/mol. The van der Waals surface area contributed by atoms with Gasteiger partial charge in [0.25, 0.3) is 0 Å². The van der Waals surface area contributed by atoms with Crippen LogP contribution in [0, 0.1) is 0 Å². The summed E-state index contributed by atoms with van der Waals surface area (Å²) in [5.74, 6) is 0.495. The van der Waals surface area contributed by atoms with E-state index in [-0.39, 0.29) is 12.8 Å². The predicted molar refractivity (Wildman–Crippen MR) is 42.6 cm³/mol. The van der Waals surface area contributed by atoms with Crippen LogP contribution in [0.25, 0.3) is 0 Å². The molecule has 0 aliphatic rings. The molecule has 13 heavy (non-hydrogen) atoms. The van der Waals surface area contributed by atoms with Crippen LogP contribution in [-0.2, 0) is 6.42 Å². The van der Waals surface area contributed by atoms with Crippen LogP contribution in [0.3, 0.4) is 0 Å². The number of hydrogen-bond acceptors (Lipinski definition) is 1. The highest BCUT2D eigenvalue weighted by Gasteiger charge is 2.26. The first kappa shape index (κ1) is 10.4. The van der Waals surface area contributed by atoms with Crippen LogP contribution in [-0.4, -0.2) is 16.1 Å². The highest BCUT2D eigenvalue weighted by atomic mass is 35.5. The van der Waals surface area contributed by atoms with Gasteiger partial charge in [-0.1, -0.05) is 11.6 Å². The number of aryl methyl sites for hydroxylation is 1. The second kappa shape index (κ2) is 4.00. The zero-order valence-corrected chi connectivity index (χ0v) is 7.41. The van der Waals surface area contributed by atoms with Crippen molar-refractivity contribution in [1.29, 1.82) is 0 Å². The van der Waals surface area contributed by atoms with E-state index in [1.807, 2.05) is 0 Å². The number of aromatic amines is 1. The van der Waals surface area contributed by atoms with Crippen LogP contribution in [0.2, 0.25) is 5.15 Å². The van der Waals surface area contributed by atoms with Crippen LogP contribution < -0.4 is 0 Å². The molecule has 0 aliphatic heterocycles. The third-order valence-electron chi connectivity index (χ3n) is 1.47. The average Bonchev–Trinajstić information content (AvgIpc) is 2.33. The Hall–Kier alpha value is -0.710. The number of imidazole rings is 1. The first-order valence-electron chi connectivity index (χ1n) is 3.73. The molecule has 0 bridgehead atoms. The maximum absolute atomic E-state index is 11.7. The van der Waals surface area contributed by atoms with Crippen molar-refractivity contribution >= 4 is 11.6 Å². The SMILES string of the molecule is FC(F)(F)CCCc1ncc(Cl)[nH]1. The third kappa shape index (κ3) is 4.17. The smallest absolute Gasteiger partial charge is 0.333 e. The number of aromatic nitrogens is 2. The molecular formula is C7H8ClF3N2. The molecule has 2 nitrogen and oxygen atoms in total. The van der Waals surface area contributed by atoms with E-state index < -0.39 is 12.6 Å². The first-order valence-corrected chi connectivity index (χ1v) is 4.11. The number of alkyl halides is 3. The Morgan fingerprint density at radius 1 is 1.46 bits per heavy atom. The minimum Gasteiger partial charge on any atom is -0.333 e. The van der Waals surface area contributed by atoms with Gasteiger partial charge in [0, 0.05) is 12.8 Å².